The first kappa shape index (κ1) is 16.9. The minimum atomic E-state index is 0.767. The molecule has 0 N–H and O–H groups in total. The van der Waals surface area contributed by atoms with Gasteiger partial charge in [0.25, 0.3) is 0 Å². The molecule has 0 bridgehead atoms. The maximum absolute atomic E-state index is 6.50. The van der Waals surface area contributed by atoms with Crippen molar-refractivity contribution in [3.8, 4) is 34.2 Å². The molecule has 6 rings (SSSR count). The maximum Gasteiger partial charge on any atom is 0.178 e. The summed E-state index contributed by atoms with van der Waals surface area (Å²) < 4.78 is 13.0. The summed E-state index contributed by atoms with van der Waals surface area (Å²) in [6.07, 6.45) is 0. The van der Waals surface area contributed by atoms with Crippen molar-refractivity contribution in [1.82, 2.24) is 0 Å². The molecular formula is C28H18O2. The molecule has 0 aliphatic rings. The highest BCUT2D eigenvalue weighted by atomic mass is 16.4. The van der Waals surface area contributed by atoms with E-state index in [1.807, 2.05) is 60.7 Å². The van der Waals surface area contributed by atoms with E-state index >= 15 is 0 Å². The van der Waals surface area contributed by atoms with Gasteiger partial charge in [-0.3, -0.25) is 0 Å². The Kier molecular flexibility index (Phi) is 3.82. The van der Waals surface area contributed by atoms with Crippen LogP contribution in [0.5, 0.6) is 0 Å². The Balaban J connectivity index is 1.66. The number of rotatable bonds is 3. The van der Waals surface area contributed by atoms with E-state index in [4.69, 9.17) is 8.83 Å². The van der Waals surface area contributed by atoms with Crippen LogP contribution in [0.15, 0.2) is 118 Å². The Labute approximate surface area is 174 Å². The van der Waals surface area contributed by atoms with Crippen LogP contribution in [0.2, 0.25) is 0 Å². The van der Waals surface area contributed by atoms with Gasteiger partial charge >= 0.3 is 0 Å². The first-order valence-electron chi connectivity index (χ1n) is 10.0. The zero-order valence-electron chi connectivity index (χ0n) is 16.2. The van der Waals surface area contributed by atoms with Crippen LogP contribution in [0.25, 0.3) is 55.7 Å². The fourth-order valence-corrected chi connectivity index (χ4v) is 4.13. The maximum atomic E-state index is 6.50. The van der Waals surface area contributed by atoms with Crippen LogP contribution < -0.4 is 0 Å². The van der Waals surface area contributed by atoms with Crippen LogP contribution in [0.1, 0.15) is 0 Å². The molecular weight excluding hydrogens is 368 g/mol. The lowest BCUT2D eigenvalue weighted by Gasteiger charge is -1.98. The monoisotopic (exact) mass is 386 g/mol. The second-order valence-electron chi connectivity index (χ2n) is 7.34. The zero-order valence-corrected chi connectivity index (χ0v) is 16.2. The van der Waals surface area contributed by atoms with Gasteiger partial charge in [-0.25, -0.2) is 0 Å². The third-order valence-electron chi connectivity index (χ3n) is 5.52. The van der Waals surface area contributed by atoms with Gasteiger partial charge in [-0.2, -0.15) is 0 Å². The smallest absolute Gasteiger partial charge is 0.178 e. The zero-order chi connectivity index (χ0) is 19.9. The topological polar surface area (TPSA) is 26.3 Å². The minimum Gasteiger partial charge on any atom is -0.451 e. The van der Waals surface area contributed by atoms with Gasteiger partial charge in [-0.05, 0) is 0 Å². The van der Waals surface area contributed by atoms with Crippen LogP contribution in [0.4, 0.5) is 0 Å². The molecule has 0 amide bonds. The van der Waals surface area contributed by atoms with Gasteiger partial charge < -0.3 is 8.83 Å². The van der Waals surface area contributed by atoms with E-state index in [0.717, 1.165) is 55.7 Å². The Morgan fingerprint density at radius 3 is 0.967 bits per heavy atom. The molecule has 142 valence electrons. The number of hydrogen-bond donors (Lipinski definition) is 0. The normalized spacial score (nSPS) is 11.3. The van der Waals surface area contributed by atoms with E-state index in [2.05, 4.69) is 48.5 Å². The molecule has 0 fully saturated rings. The number of hydrogen-bond acceptors (Lipinski definition) is 2. The lowest BCUT2D eigenvalue weighted by Crippen LogP contribution is -1.73. The molecule has 0 spiro atoms. The first-order valence-corrected chi connectivity index (χ1v) is 10.0. The highest BCUT2D eigenvalue weighted by Crippen LogP contribution is 2.45. The van der Waals surface area contributed by atoms with Crippen molar-refractivity contribution in [2.24, 2.45) is 0 Å². The van der Waals surface area contributed by atoms with Gasteiger partial charge in [0, 0.05) is 32.7 Å². The molecule has 0 aliphatic carbocycles. The summed E-state index contributed by atoms with van der Waals surface area (Å²) in [6, 6.07) is 37.0. The summed E-state index contributed by atoms with van der Waals surface area (Å²) in [4.78, 5) is 0. The summed E-state index contributed by atoms with van der Waals surface area (Å²) in [5, 5.41) is 4.27. The first-order chi connectivity index (χ1) is 14.9. The number of benzene rings is 4. The summed E-state index contributed by atoms with van der Waals surface area (Å²) in [6.45, 7) is 0. The summed E-state index contributed by atoms with van der Waals surface area (Å²) in [5.74, 6) is 3.26. The van der Waals surface area contributed by atoms with Crippen molar-refractivity contribution in [1.29, 1.82) is 0 Å². The van der Waals surface area contributed by atoms with Crippen LogP contribution in [-0.4, -0.2) is 0 Å². The molecule has 4 aromatic carbocycles. The Bertz CT molecular complexity index is 1360. The fourth-order valence-electron chi connectivity index (χ4n) is 4.13. The number of fused-ring (bicyclic) bond motifs is 2. The van der Waals surface area contributed by atoms with Crippen molar-refractivity contribution in [2.45, 2.75) is 0 Å². The van der Waals surface area contributed by atoms with E-state index in [0.29, 0.717) is 0 Å². The molecule has 0 atom stereocenters. The van der Waals surface area contributed by atoms with Gasteiger partial charge in [0.15, 0.2) is 11.5 Å². The van der Waals surface area contributed by atoms with E-state index in [9.17, 15) is 0 Å². The molecule has 2 aromatic heterocycles. The van der Waals surface area contributed by atoms with E-state index < -0.39 is 0 Å². The Hall–Kier alpha value is -4.04. The second kappa shape index (κ2) is 6.78. The van der Waals surface area contributed by atoms with E-state index in [-0.39, 0.29) is 0 Å². The largest absolute Gasteiger partial charge is 0.451 e. The van der Waals surface area contributed by atoms with Crippen molar-refractivity contribution >= 4 is 21.5 Å². The molecule has 0 saturated heterocycles. The predicted molar refractivity (Wildman–Crippen MR) is 122 cm³/mol. The third kappa shape index (κ3) is 2.58. The van der Waals surface area contributed by atoms with Gasteiger partial charge in [-0.15, -0.1) is 0 Å². The van der Waals surface area contributed by atoms with Crippen LogP contribution in [0.3, 0.4) is 0 Å². The molecule has 6 aromatic rings. The standard InChI is InChI=1S/C28H18O2/c1-3-11-19(12-4-1)25-21-15-7-9-17-23(21)27(29-25)28-24-18-10-8-16-22(24)26(30-28)20-13-5-2-6-14-20/h1-18H. The molecule has 2 heterocycles. The SMILES string of the molecule is c1ccc(-c2oc(-c3oc(-c4ccccc4)c4ccccc34)c3ccccc23)cc1. The van der Waals surface area contributed by atoms with Crippen molar-refractivity contribution < 1.29 is 8.83 Å². The lowest BCUT2D eigenvalue weighted by atomic mass is 10.0. The average Bonchev–Trinajstić information content (AvgIpc) is 3.39. The van der Waals surface area contributed by atoms with Gasteiger partial charge in [0.1, 0.15) is 11.5 Å². The van der Waals surface area contributed by atoms with Crippen molar-refractivity contribution in [3.05, 3.63) is 109 Å². The second-order valence-corrected chi connectivity index (χ2v) is 7.34. The average molecular weight is 386 g/mol. The lowest BCUT2D eigenvalue weighted by molar-refractivity contribution is 0.544. The van der Waals surface area contributed by atoms with Crippen LogP contribution in [-0.2, 0) is 0 Å². The van der Waals surface area contributed by atoms with Crippen molar-refractivity contribution in [2.75, 3.05) is 0 Å². The minimum absolute atomic E-state index is 0.767. The molecule has 0 aliphatic heterocycles. The molecule has 30 heavy (non-hydrogen) atoms. The molecule has 2 nitrogen and oxygen atoms in total. The highest BCUT2D eigenvalue weighted by Gasteiger charge is 2.22. The van der Waals surface area contributed by atoms with Gasteiger partial charge in [-0.1, -0.05) is 109 Å². The summed E-state index contributed by atoms with van der Waals surface area (Å²) >= 11 is 0. The third-order valence-corrected chi connectivity index (χ3v) is 5.52. The van der Waals surface area contributed by atoms with Gasteiger partial charge in [0.05, 0.1) is 0 Å². The van der Waals surface area contributed by atoms with E-state index in [1.165, 1.54) is 0 Å². The van der Waals surface area contributed by atoms with Crippen molar-refractivity contribution in [3.63, 3.8) is 0 Å². The predicted octanol–water partition coefficient (Wildman–Crippen LogP) is 8.18. The molecule has 2 heteroatoms. The fraction of sp³-hybridized carbons (Fsp3) is 0. The number of furan rings is 2. The van der Waals surface area contributed by atoms with E-state index in [1.54, 1.807) is 0 Å². The van der Waals surface area contributed by atoms with Gasteiger partial charge in [0.2, 0.25) is 0 Å². The molecule has 0 saturated carbocycles. The Morgan fingerprint density at radius 1 is 0.300 bits per heavy atom. The Morgan fingerprint density at radius 2 is 0.600 bits per heavy atom. The molecule has 0 radical (unpaired) electrons. The van der Waals surface area contributed by atoms with Crippen LogP contribution >= 0.6 is 0 Å². The highest BCUT2D eigenvalue weighted by molar-refractivity contribution is 6.09. The van der Waals surface area contributed by atoms with Crippen LogP contribution in [0, 0.1) is 0 Å². The summed E-state index contributed by atoms with van der Waals surface area (Å²) in [7, 11) is 0. The quantitative estimate of drug-likeness (QED) is 0.306. The summed E-state index contributed by atoms with van der Waals surface area (Å²) in [5.41, 5.74) is 2.11. The molecule has 0 unspecified atom stereocenters.